The summed E-state index contributed by atoms with van der Waals surface area (Å²) in [6.45, 7) is 1.94. The quantitative estimate of drug-likeness (QED) is 0.789. The Balaban J connectivity index is 3.21. The fourth-order valence-electron chi connectivity index (χ4n) is 2.09. The molecular weight excluding hydrogens is 246 g/mol. The first-order valence-electron chi connectivity index (χ1n) is 6.22. The van der Waals surface area contributed by atoms with E-state index in [1.54, 1.807) is 32.4 Å². The standard InChI is InChI=1S/C14H21NO4/c1-4-12(15)10(8-14(16)17)11-7-9(18-2)5-6-13(11)19-3/h5-7,10,12H,4,8,15H2,1-3H3,(H,16,17). The number of carboxylic acids is 1. The van der Waals surface area contributed by atoms with E-state index in [9.17, 15) is 4.79 Å². The highest BCUT2D eigenvalue weighted by molar-refractivity contribution is 5.68. The molecule has 0 fully saturated rings. The van der Waals surface area contributed by atoms with Crippen LogP contribution in [0.25, 0.3) is 0 Å². The first-order valence-corrected chi connectivity index (χ1v) is 6.22. The molecule has 0 aliphatic rings. The van der Waals surface area contributed by atoms with Crippen molar-refractivity contribution < 1.29 is 19.4 Å². The second kappa shape index (κ2) is 6.99. The molecule has 0 aromatic heterocycles. The number of nitrogens with two attached hydrogens (primary N) is 1. The Morgan fingerprint density at radius 3 is 2.53 bits per heavy atom. The van der Waals surface area contributed by atoms with Gasteiger partial charge in [-0.25, -0.2) is 0 Å². The minimum Gasteiger partial charge on any atom is -0.497 e. The summed E-state index contributed by atoms with van der Waals surface area (Å²) in [5.41, 5.74) is 6.83. The first kappa shape index (κ1) is 15.3. The third-order valence-corrected chi connectivity index (χ3v) is 3.22. The zero-order valence-corrected chi connectivity index (χ0v) is 11.6. The largest absolute Gasteiger partial charge is 0.497 e. The predicted octanol–water partition coefficient (Wildman–Crippen LogP) is 2.00. The monoisotopic (exact) mass is 267 g/mol. The van der Waals surface area contributed by atoms with Gasteiger partial charge in [0.1, 0.15) is 11.5 Å². The van der Waals surface area contributed by atoms with Crippen molar-refractivity contribution >= 4 is 5.97 Å². The minimum absolute atomic E-state index is 0.0292. The maximum atomic E-state index is 11.0. The lowest BCUT2D eigenvalue weighted by molar-refractivity contribution is -0.137. The lowest BCUT2D eigenvalue weighted by atomic mass is 9.87. The average Bonchev–Trinajstić information content (AvgIpc) is 2.43. The second-order valence-electron chi connectivity index (χ2n) is 4.38. The zero-order valence-electron chi connectivity index (χ0n) is 11.6. The van der Waals surface area contributed by atoms with Crippen LogP contribution in [0, 0.1) is 0 Å². The van der Waals surface area contributed by atoms with E-state index >= 15 is 0 Å². The van der Waals surface area contributed by atoms with Gasteiger partial charge in [0.2, 0.25) is 0 Å². The van der Waals surface area contributed by atoms with Gasteiger partial charge in [-0.2, -0.15) is 0 Å². The van der Waals surface area contributed by atoms with Crippen LogP contribution in [0.5, 0.6) is 11.5 Å². The van der Waals surface area contributed by atoms with Crippen LogP contribution in [0.15, 0.2) is 18.2 Å². The average molecular weight is 267 g/mol. The summed E-state index contributed by atoms with van der Waals surface area (Å²) in [5.74, 6) is 0.122. The molecule has 1 aromatic rings. The van der Waals surface area contributed by atoms with Gasteiger partial charge in [0.05, 0.1) is 20.6 Å². The van der Waals surface area contributed by atoms with E-state index in [2.05, 4.69) is 0 Å². The first-order chi connectivity index (χ1) is 9.03. The van der Waals surface area contributed by atoms with Crippen molar-refractivity contribution in [1.82, 2.24) is 0 Å². The molecule has 19 heavy (non-hydrogen) atoms. The lowest BCUT2D eigenvalue weighted by Gasteiger charge is -2.24. The molecule has 0 aliphatic heterocycles. The predicted molar refractivity (Wildman–Crippen MR) is 72.8 cm³/mol. The normalized spacial score (nSPS) is 13.7. The summed E-state index contributed by atoms with van der Waals surface area (Å²) < 4.78 is 10.5. The number of hydrogen-bond donors (Lipinski definition) is 2. The van der Waals surface area contributed by atoms with Crippen molar-refractivity contribution in [3.8, 4) is 11.5 Å². The van der Waals surface area contributed by atoms with Gasteiger partial charge in [-0.3, -0.25) is 4.79 Å². The maximum absolute atomic E-state index is 11.0. The minimum atomic E-state index is -0.876. The molecule has 5 nitrogen and oxygen atoms in total. The van der Waals surface area contributed by atoms with Gasteiger partial charge in [0.25, 0.3) is 0 Å². The van der Waals surface area contributed by atoms with Gasteiger partial charge in [-0.15, -0.1) is 0 Å². The molecule has 0 amide bonds. The highest BCUT2D eigenvalue weighted by atomic mass is 16.5. The van der Waals surface area contributed by atoms with Crippen LogP contribution < -0.4 is 15.2 Å². The van der Waals surface area contributed by atoms with Gasteiger partial charge >= 0.3 is 5.97 Å². The van der Waals surface area contributed by atoms with Gasteiger partial charge < -0.3 is 20.3 Å². The summed E-state index contributed by atoms with van der Waals surface area (Å²) >= 11 is 0. The molecule has 3 N–H and O–H groups in total. The van der Waals surface area contributed by atoms with Gasteiger partial charge in [0.15, 0.2) is 0 Å². The summed E-state index contributed by atoms with van der Waals surface area (Å²) in [6.07, 6.45) is 0.664. The number of benzene rings is 1. The van der Waals surface area contributed by atoms with Crippen LogP contribution in [0.2, 0.25) is 0 Å². The SMILES string of the molecule is CCC(N)C(CC(=O)O)c1cc(OC)ccc1OC. The number of carbonyl (C=O) groups is 1. The number of methoxy groups -OCH3 is 2. The van der Waals surface area contributed by atoms with Crippen molar-refractivity contribution in [2.24, 2.45) is 5.73 Å². The summed E-state index contributed by atoms with van der Waals surface area (Å²) in [4.78, 5) is 11.0. The smallest absolute Gasteiger partial charge is 0.304 e. The number of aliphatic carboxylic acids is 1. The fraction of sp³-hybridized carbons (Fsp3) is 0.500. The third-order valence-electron chi connectivity index (χ3n) is 3.22. The Labute approximate surface area is 113 Å². The van der Waals surface area contributed by atoms with Crippen molar-refractivity contribution in [3.05, 3.63) is 23.8 Å². The molecule has 0 aliphatic carbocycles. The maximum Gasteiger partial charge on any atom is 0.304 e. The number of hydrogen-bond acceptors (Lipinski definition) is 4. The summed E-state index contributed by atoms with van der Waals surface area (Å²) in [5, 5.41) is 9.05. The summed E-state index contributed by atoms with van der Waals surface area (Å²) in [7, 11) is 3.12. The molecule has 0 heterocycles. The Kier molecular flexibility index (Phi) is 5.63. The highest BCUT2D eigenvalue weighted by Crippen LogP contribution is 2.34. The van der Waals surface area contributed by atoms with Crippen LogP contribution in [-0.2, 0) is 4.79 Å². The van der Waals surface area contributed by atoms with E-state index in [1.807, 2.05) is 6.92 Å². The van der Waals surface area contributed by atoms with E-state index < -0.39 is 5.97 Å². The molecule has 2 unspecified atom stereocenters. The van der Waals surface area contributed by atoms with Gasteiger partial charge in [0, 0.05) is 17.5 Å². The molecule has 0 spiro atoms. The third kappa shape index (κ3) is 3.86. The van der Waals surface area contributed by atoms with Crippen molar-refractivity contribution in [2.75, 3.05) is 14.2 Å². The highest BCUT2D eigenvalue weighted by Gasteiger charge is 2.25. The van der Waals surface area contributed by atoms with E-state index in [0.29, 0.717) is 17.9 Å². The molecule has 0 saturated carbocycles. The van der Waals surface area contributed by atoms with Crippen LogP contribution in [0.1, 0.15) is 31.2 Å². The molecular formula is C14H21NO4. The number of carboxylic acid groups (broad SMARTS) is 1. The van der Waals surface area contributed by atoms with Crippen molar-refractivity contribution in [2.45, 2.75) is 31.7 Å². The van der Waals surface area contributed by atoms with Crippen molar-refractivity contribution in [1.29, 1.82) is 0 Å². The number of ether oxygens (including phenoxy) is 2. The molecule has 106 valence electrons. The molecule has 5 heteroatoms. The van der Waals surface area contributed by atoms with Gasteiger partial charge in [-0.05, 0) is 24.6 Å². The molecule has 0 saturated heterocycles. The van der Waals surface area contributed by atoms with Gasteiger partial charge in [-0.1, -0.05) is 6.92 Å². The van der Waals surface area contributed by atoms with E-state index in [-0.39, 0.29) is 18.4 Å². The Morgan fingerprint density at radius 2 is 2.05 bits per heavy atom. The zero-order chi connectivity index (χ0) is 14.4. The fourth-order valence-corrected chi connectivity index (χ4v) is 2.09. The second-order valence-corrected chi connectivity index (χ2v) is 4.38. The van der Waals surface area contributed by atoms with Crippen LogP contribution in [-0.4, -0.2) is 31.3 Å². The van der Waals surface area contributed by atoms with Crippen LogP contribution >= 0.6 is 0 Å². The molecule has 0 bridgehead atoms. The van der Waals surface area contributed by atoms with E-state index in [1.165, 1.54) is 0 Å². The van der Waals surface area contributed by atoms with Crippen LogP contribution in [0.4, 0.5) is 0 Å². The summed E-state index contributed by atoms with van der Waals surface area (Å²) in [6, 6.07) is 5.10. The lowest BCUT2D eigenvalue weighted by Crippen LogP contribution is -2.29. The Hall–Kier alpha value is -1.75. The Morgan fingerprint density at radius 1 is 1.37 bits per heavy atom. The van der Waals surface area contributed by atoms with E-state index in [0.717, 1.165) is 5.56 Å². The van der Waals surface area contributed by atoms with Crippen molar-refractivity contribution in [3.63, 3.8) is 0 Å². The molecule has 1 rings (SSSR count). The Bertz CT molecular complexity index is 433. The van der Waals surface area contributed by atoms with Crippen LogP contribution in [0.3, 0.4) is 0 Å². The topological polar surface area (TPSA) is 81.8 Å². The molecule has 1 aromatic carbocycles. The molecule has 2 atom stereocenters. The molecule has 0 radical (unpaired) electrons. The number of rotatable bonds is 7. The van der Waals surface area contributed by atoms with E-state index in [4.69, 9.17) is 20.3 Å².